The maximum atomic E-state index is 11.5. The van der Waals surface area contributed by atoms with Gasteiger partial charge in [-0.05, 0) is 25.7 Å². The van der Waals surface area contributed by atoms with E-state index in [4.69, 9.17) is 15.9 Å². The van der Waals surface area contributed by atoms with Crippen LogP contribution in [0.5, 0.6) is 0 Å². The number of unbranched alkanes of at least 4 members (excludes halogenated alkanes) is 1. The van der Waals surface area contributed by atoms with Crippen LogP contribution in [0.1, 0.15) is 32.1 Å². The van der Waals surface area contributed by atoms with E-state index in [9.17, 15) is 14.4 Å². The van der Waals surface area contributed by atoms with Gasteiger partial charge in [-0.1, -0.05) is 0 Å². The van der Waals surface area contributed by atoms with Crippen molar-refractivity contribution in [2.24, 2.45) is 5.73 Å². The van der Waals surface area contributed by atoms with Crippen LogP contribution in [0.2, 0.25) is 0 Å². The van der Waals surface area contributed by atoms with Gasteiger partial charge >= 0.3 is 11.9 Å². The molecule has 102 valence electrons. The molecule has 2 atom stereocenters. The minimum Gasteiger partial charge on any atom is -0.480 e. The van der Waals surface area contributed by atoms with Gasteiger partial charge in [-0.25, -0.2) is 4.79 Å². The van der Waals surface area contributed by atoms with Crippen LogP contribution in [0.15, 0.2) is 0 Å². The molecule has 1 fully saturated rings. The zero-order valence-electron chi connectivity index (χ0n) is 10.0. The van der Waals surface area contributed by atoms with Gasteiger partial charge in [-0.2, -0.15) is 0 Å². The lowest BCUT2D eigenvalue weighted by Crippen LogP contribution is -2.39. The SMILES string of the molecule is NC(CCCCN1C(=O)CC[C@H]1C(=O)O)C(=O)O. The highest BCUT2D eigenvalue weighted by atomic mass is 16.4. The predicted octanol–water partition coefficient (Wildman–Crippen LogP) is -0.356. The smallest absolute Gasteiger partial charge is 0.326 e. The second kappa shape index (κ2) is 6.34. The van der Waals surface area contributed by atoms with Crippen molar-refractivity contribution in [3.05, 3.63) is 0 Å². The average Bonchev–Trinajstić information content (AvgIpc) is 2.66. The highest BCUT2D eigenvalue weighted by Gasteiger charge is 2.35. The first-order valence-electron chi connectivity index (χ1n) is 5.94. The van der Waals surface area contributed by atoms with Gasteiger partial charge in [0, 0.05) is 13.0 Å². The molecule has 0 spiro atoms. The number of carboxylic acids is 2. The second-order valence-electron chi connectivity index (χ2n) is 4.42. The third-order valence-electron chi connectivity index (χ3n) is 3.09. The molecule has 0 bridgehead atoms. The van der Waals surface area contributed by atoms with Crippen molar-refractivity contribution in [1.29, 1.82) is 0 Å². The molecule has 0 aliphatic carbocycles. The number of carbonyl (C=O) groups excluding carboxylic acids is 1. The summed E-state index contributed by atoms with van der Waals surface area (Å²) in [6, 6.07) is -1.62. The monoisotopic (exact) mass is 258 g/mol. The van der Waals surface area contributed by atoms with Crippen molar-refractivity contribution < 1.29 is 24.6 Å². The number of amides is 1. The molecule has 1 saturated heterocycles. The van der Waals surface area contributed by atoms with Gasteiger partial charge in [0.1, 0.15) is 12.1 Å². The average molecular weight is 258 g/mol. The van der Waals surface area contributed by atoms with E-state index in [-0.39, 0.29) is 12.3 Å². The number of nitrogens with zero attached hydrogens (tertiary/aromatic N) is 1. The fraction of sp³-hybridized carbons (Fsp3) is 0.727. The lowest BCUT2D eigenvalue weighted by atomic mass is 10.1. The van der Waals surface area contributed by atoms with E-state index in [1.807, 2.05) is 0 Å². The molecule has 0 aromatic rings. The molecular formula is C11H18N2O5. The Labute approximate surface area is 105 Å². The van der Waals surface area contributed by atoms with E-state index in [0.717, 1.165) is 0 Å². The number of rotatable bonds is 7. The number of likely N-dealkylation sites (tertiary alicyclic amines) is 1. The molecular weight excluding hydrogens is 240 g/mol. The lowest BCUT2D eigenvalue weighted by molar-refractivity contribution is -0.146. The number of hydrogen-bond acceptors (Lipinski definition) is 4. The quantitative estimate of drug-likeness (QED) is 0.536. The van der Waals surface area contributed by atoms with Crippen molar-refractivity contribution in [3.63, 3.8) is 0 Å². The third kappa shape index (κ3) is 3.69. The minimum absolute atomic E-state index is 0.148. The van der Waals surface area contributed by atoms with Gasteiger partial charge in [-0.3, -0.25) is 9.59 Å². The Morgan fingerprint density at radius 1 is 1.39 bits per heavy atom. The molecule has 1 aliphatic heterocycles. The van der Waals surface area contributed by atoms with Crippen molar-refractivity contribution in [1.82, 2.24) is 4.90 Å². The number of aliphatic carboxylic acids is 2. The molecule has 1 rings (SSSR count). The molecule has 1 amide bonds. The van der Waals surface area contributed by atoms with E-state index < -0.39 is 24.0 Å². The molecule has 4 N–H and O–H groups in total. The maximum absolute atomic E-state index is 11.5. The molecule has 0 saturated carbocycles. The summed E-state index contributed by atoms with van der Waals surface area (Å²) >= 11 is 0. The van der Waals surface area contributed by atoms with Crippen LogP contribution >= 0.6 is 0 Å². The fourth-order valence-electron chi connectivity index (χ4n) is 2.04. The van der Waals surface area contributed by atoms with Crippen molar-refractivity contribution in [2.45, 2.75) is 44.2 Å². The summed E-state index contributed by atoms with van der Waals surface area (Å²) in [6.07, 6.45) is 2.07. The molecule has 1 unspecified atom stereocenters. The number of carbonyl (C=O) groups is 3. The zero-order chi connectivity index (χ0) is 13.7. The molecule has 18 heavy (non-hydrogen) atoms. The number of hydrogen-bond donors (Lipinski definition) is 3. The van der Waals surface area contributed by atoms with Crippen LogP contribution in [0, 0.1) is 0 Å². The second-order valence-corrected chi connectivity index (χ2v) is 4.42. The number of nitrogens with two attached hydrogens (primary N) is 1. The topological polar surface area (TPSA) is 121 Å². The minimum atomic E-state index is -1.05. The highest BCUT2D eigenvalue weighted by molar-refractivity contribution is 5.87. The van der Waals surface area contributed by atoms with Crippen molar-refractivity contribution >= 4 is 17.8 Å². The maximum Gasteiger partial charge on any atom is 0.326 e. The highest BCUT2D eigenvalue weighted by Crippen LogP contribution is 2.19. The normalized spacial score (nSPS) is 21.1. The van der Waals surface area contributed by atoms with Gasteiger partial charge in [0.15, 0.2) is 0 Å². The van der Waals surface area contributed by atoms with Crippen LogP contribution in [-0.2, 0) is 14.4 Å². The predicted molar refractivity (Wildman–Crippen MR) is 61.8 cm³/mol. The van der Waals surface area contributed by atoms with Crippen LogP contribution in [0.25, 0.3) is 0 Å². The summed E-state index contributed by atoms with van der Waals surface area (Å²) in [4.78, 5) is 34.2. The van der Waals surface area contributed by atoms with E-state index in [2.05, 4.69) is 0 Å². The summed E-state index contributed by atoms with van der Waals surface area (Å²) < 4.78 is 0. The van der Waals surface area contributed by atoms with E-state index in [1.54, 1.807) is 0 Å². The van der Waals surface area contributed by atoms with Gasteiger partial charge in [0.2, 0.25) is 5.91 Å². The first kappa shape index (κ1) is 14.4. The van der Waals surface area contributed by atoms with Crippen LogP contribution < -0.4 is 5.73 Å². The Kier molecular flexibility index (Phi) is 5.08. The molecule has 7 heteroatoms. The van der Waals surface area contributed by atoms with Gasteiger partial charge < -0.3 is 20.8 Å². The van der Waals surface area contributed by atoms with Crippen molar-refractivity contribution in [3.8, 4) is 0 Å². The first-order chi connectivity index (χ1) is 8.43. The lowest BCUT2D eigenvalue weighted by Gasteiger charge is -2.21. The van der Waals surface area contributed by atoms with Crippen molar-refractivity contribution in [2.75, 3.05) is 6.54 Å². The Bertz CT molecular complexity index is 344. The van der Waals surface area contributed by atoms with Gasteiger partial charge in [-0.15, -0.1) is 0 Å². The van der Waals surface area contributed by atoms with Crippen LogP contribution in [0.3, 0.4) is 0 Å². The van der Waals surface area contributed by atoms with E-state index >= 15 is 0 Å². The van der Waals surface area contributed by atoms with E-state index in [1.165, 1.54) is 4.90 Å². The zero-order valence-corrected chi connectivity index (χ0v) is 10.0. The summed E-state index contributed by atoms with van der Waals surface area (Å²) in [6.45, 7) is 0.349. The molecule has 0 aromatic carbocycles. The fourth-order valence-corrected chi connectivity index (χ4v) is 2.04. The Balaban J connectivity index is 2.31. The third-order valence-corrected chi connectivity index (χ3v) is 3.09. The summed E-state index contributed by atoms with van der Waals surface area (Å²) in [7, 11) is 0. The van der Waals surface area contributed by atoms with Gasteiger partial charge in [0.25, 0.3) is 0 Å². The molecule has 7 nitrogen and oxygen atoms in total. The molecule has 1 aliphatic rings. The standard InChI is InChI=1S/C11H18N2O5/c12-7(10(15)16)3-1-2-6-13-8(11(17)18)4-5-9(13)14/h7-8H,1-6,12H2,(H,15,16)(H,17,18)/t7?,8-/m0/s1. The number of carboxylic acid groups (broad SMARTS) is 2. The Morgan fingerprint density at radius 2 is 2.06 bits per heavy atom. The Hall–Kier alpha value is -1.63. The van der Waals surface area contributed by atoms with Crippen LogP contribution in [0.4, 0.5) is 0 Å². The van der Waals surface area contributed by atoms with Crippen LogP contribution in [-0.4, -0.2) is 51.6 Å². The molecule has 0 radical (unpaired) electrons. The largest absolute Gasteiger partial charge is 0.480 e. The summed E-state index contributed by atoms with van der Waals surface area (Å²) in [5.41, 5.74) is 5.34. The summed E-state index contributed by atoms with van der Waals surface area (Å²) in [5, 5.41) is 17.5. The molecule has 0 aromatic heterocycles. The van der Waals surface area contributed by atoms with E-state index in [0.29, 0.717) is 32.2 Å². The Morgan fingerprint density at radius 3 is 2.61 bits per heavy atom. The summed E-state index contributed by atoms with van der Waals surface area (Å²) in [5.74, 6) is -2.18. The molecule has 1 heterocycles. The first-order valence-corrected chi connectivity index (χ1v) is 5.94. The van der Waals surface area contributed by atoms with Gasteiger partial charge in [0.05, 0.1) is 0 Å².